The van der Waals surface area contributed by atoms with Gasteiger partial charge in [0.2, 0.25) is 0 Å². The van der Waals surface area contributed by atoms with E-state index in [0.29, 0.717) is 24.4 Å². The van der Waals surface area contributed by atoms with Crippen molar-refractivity contribution in [1.29, 1.82) is 0 Å². The molecule has 0 aliphatic heterocycles. The Morgan fingerprint density at radius 1 is 1.24 bits per heavy atom. The van der Waals surface area contributed by atoms with Crippen LogP contribution in [0.3, 0.4) is 0 Å². The monoisotopic (exact) mass is 415 g/mol. The van der Waals surface area contributed by atoms with Crippen molar-refractivity contribution in [3.05, 3.63) is 46.2 Å². The Morgan fingerprint density at radius 2 is 2.00 bits per heavy atom. The number of benzene rings is 1. The second-order valence-corrected chi connectivity index (χ2v) is 8.64. The van der Waals surface area contributed by atoms with Crippen LogP contribution in [0.25, 0.3) is 11.0 Å². The predicted molar refractivity (Wildman–Crippen MR) is 112 cm³/mol. The van der Waals surface area contributed by atoms with Crippen molar-refractivity contribution in [3.63, 3.8) is 0 Å². The van der Waals surface area contributed by atoms with Gasteiger partial charge in [0, 0.05) is 18.3 Å². The Labute approximate surface area is 173 Å². The van der Waals surface area contributed by atoms with Gasteiger partial charge in [-0.05, 0) is 39.3 Å². The number of hydrogen-bond donors (Lipinski definition) is 2. The first-order valence-electron chi connectivity index (χ1n) is 9.37. The van der Waals surface area contributed by atoms with E-state index in [9.17, 15) is 9.59 Å². The summed E-state index contributed by atoms with van der Waals surface area (Å²) < 4.78 is 5.53. The Hall–Kier alpha value is -2.94. The summed E-state index contributed by atoms with van der Waals surface area (Å²) in [6.07, 6.45) is 0.976. The molecule has 0 spiro atoms. The first kappa shape index (κ1) is 20.8. The fourth-order valence-electron chi connectivity index (χ4n) is 2.78. The molecule has 0 bridgehead atoms. The SMILES string of the molecule is CC(C)(C)OC(=O)N(CCCc1nc2ccccc2[nH]1)Cc1nc(C(N)=O)cs1. The van der Waals surface area contributed by atoms with Crippen molar-refractivity contribution in [3.8, 4) is 0 Å². The van der Waals surface area contributed by atoms with Crippen LogP contribution in [0.15, 0.2) is 29.6 Å². The van der Waals surface area contributed by atoms with E-state index >= 15 is 0 Å². The highest BCUT2D eigenvalue weighted by atomic mass is 32.1. The van der Waals surface area contributed by atoms with Crippen molar-refractivity contribution >= 4 is 34.4 Å². The summed E-state index contributed by atoms with van der Waals surface area (Å²) in [6, 6.07) is 7.85. The Bertz CT molecular complexity index is 972. The number of primary amides is 1. The number of ether oxygens (including phenoxy) is 1. The molecule has 0 fully saturated rings. The maximum absolute atomic E-state index is 12.7. The number of H-pyrrole nitrogens is 1. The van der Waals surface area contributed by atoms with Crippen molar-refractivity contribution < 1.29 is 14.3 Å². The number of aromatic amines is 1. The quantitative estimate of drug-likeness (QED) is 0.613. The molecule has 3 N–H and O–H groups in total. The van der Waals surface area contributed by atoms with E-state index in [1.165, 1.54) is 11.3 Å². The zero-order chi connectivity index (χ0) is 21.0. The molecule has 2 heterocycles. The first-order valence-corrected chi connectivity index (χ1v) is 10.2. The van der Waals surface area contributed by atoms with Gasteiger partial charge in [-0.25, -0.2) is 14.8 Å². The summed E-state index contributed by atoms with van der Waals surface area (Å²) in [5, 5.41) is 2.23. The number of amides is 2. The second kappa shape index (κ2) is 8.60. The van der Waals surface area contributed by atoms with Gasteiger partial charge in [0.15, 0.2) is 0 Å². The van der Waals surface area contributed by atoms with Crippen molar-refractivity contribution in [1.82, 2.24) is 19.9 Å². The Morgan fingerprint density at radius 3 is 2.66 bits per heavy atom. The maximum Gasteiger partial charge on any atom is 0.410 e. The number of nitrogens with zero attached hydrogens (tertiary/aromatic N) is 3. The number of aromatic nitrogens is 3. The van der Waals surface area contributed by atoms with Gasteiger partial charge in [-0.2, -0.15) is 0 Å². The van der Waals surface area contributed by atoms with Crippen LogP contribution in [0, 0.1) is 0 Å². The van der Waals surface area contributed by atoms with Crippen LogP contribution in [-0.2, 0) is 17.7 Å². The zero-order valence-corrected chi connectivity index (χ0v) is 17.6. The molecule has 0 aliphatic rings. The molecule has 29 heavy (non-hydrogen) atoms. The van der Waals surface area contributed by atoms with E-state index in [4.69, 9.17) is 10.5 Å². The molecule has 3 rings (SSSR count). The van der Waals surface area contributed by atoms with Crippen LogP contribution in [0.2, 0.25) is 0 Å². The molecule has 2 aromatic heterocycles. The van der Waals surface area contributed by atoms with Crippen LogP contribution in [0.5, 0.6) is 0 Å². The largest absolute Gasteiger partial charge is 0.444 e. The van der Waals surface area contributed by atoms with Gasteiger partial charge in [0.1, 0.15) is 22.1 Å². The summed E-state index contributed by atoms with van der Waals surface area (Å²) in [5.74, 6) is 0.293. The van der Waals surface area contributed by atoms with Gasteiger partial charge in [-0.15, -0.1) is 11.3 Å². The van der Waals surface area contributed by atoms with Gasteiger partial charge < -0.3 is 20.4 Å². The molecule has 154 valence electrons. The number of rotatable bonds is 7. The van der Waals surface area contributed by atoms with Crippen LogP contribution in [0.4, 0.5) is 4.79 Å². The number of carbonyl (C=O) groups is 2. The van der Waals surface area contributed by atoms with E-state index in [0.717, 1.165) is 16.9 Å². The molecule has 0 unspecified atom stereocenters. The molecule has 0 aliphatic carbocycles. The first-order chi connectivity index (χ1) is 13.7. The van der Waals surface area contributed by atoms with Gasteiger partial charge in [0.05, 0.1) is 17.6 Å². The normalized spacial score (nSPS) is 11.6. The van der Waals surface area contributed by atoms with E-state index < -0.39 is 17.6 Å². The van der Waals surface area contributed by atoms with Crippen molar-refractivity contribution in [2.75, 3.05) is 6.54 Å². The summed E-state index contributed by atoms with van der Waals surface area (Å²) in [7, 11) is 0. The molecule has 0 saturated carbocycles. The predicted octanol–water partition coefficient (Wildman–Crippen LogP) is 3.49. The molecule has 0 saturated heterocycles. The van der Waals surface area contributed by atoms with Crippen LogP contribution < -0.4 is 5.73 Å². The highest BCUT2D eigenvalue weighted by Gasteiger charge is 2.23. The van der Waals surface area contributed by atoms with Gasteiger partial charge in [-0.3, -0.25) is 4.79 Å². The minimum atomic E-state index is -0.602. The lowest BCUT2D eigenvalue weighted by molar-refractivity contribution is 0.0231. The molecular weight excluding hydrogens is 390 g/mol. The number of thiazole rings is 1. The summed E-state index contributed by atoms with van der Waals surface area (Å²) in [4.78, 5) is 37.6. The summed E-state index contributed by atoms with van der Waals surface area (Å²) in [5.41, 5.74) is 6.79. The lowest BCUT2D eigenvalue weighted by atomic mass is 10.2. The number of nitrogens with two attached hydrogens (primary N) is 1. The molecule has 0 atom stereocenters. The highest BCUT2D eigenvalue weighted by molar-refractivity contribution is 7.09. The molecule has 8 nitrogen and oxygen atoms in total. The molecule has 3 aromatic rings. The van der Waals surface area contributed by atoms with E-state index in [-0.39, 0.29) is 12.2 Å². The minimum Gasteiger partial charge on any atom is -0.444 e. The Balaban J connectivity index is 1.66. The number of aryl methyl sites for hydroxylation is 1. The minimum absolute atomic E-state index is 0.205. The van der Waals surface area contributed by atoms with Gasteiger partial charge in [0.25, 0.3) is 5.91 Å². The summed E-state index contributed by atoms with van der Waals surface area (Å²) >= 11 is 1.29. The standard InChI is InChI=1S/C20H25N5O3S/c1-20(2,3)28-19(27)25(11-17-24-15(12-29-17)18(21)26)10-6-9-16-22-13-7-4-5-8-14(13)23-16/h4-5,7-8,12H,6,9-11H2,1-3H3,(H2,21,26)(H,22,23). The fourth-order valence-corrected chi connectivity index (χ4v) is 3.58. The van der Waals surface area contributed by atoms with Gasteiger partial charge >= 0.3 is 6.09 Å². The third kappa shape index (κ3) is 5.77. The number of imidazole rings is 1. The lowest BCUT2D eigenvalue weighted by Crippen LogP contribution is -2.37. The van der Waals surface area contributed by atoms with E-state index in [2.05, 4.69) is 15.0 Å². The van der Waals surface area contributed by atoms with Gasteiger partial charge in [-0.1, -0.05) is 12.1 Å². The number of hydrogen-bond acceptors (Lipinski definition) is 6. The third-order valence-corrected chi connectivity index (χ3v) is 4.90. The topological polar surface area (TPSA) is 114 Å². The van der Waals surface area contributed by atoms with E-state index in [1.807, 2.05) is 45.0 Å². The van der Waals surface area contributed by atoms with Crippen LogP contribution in [0.1, 0.15) is 48.5 Å². The van der Waals surface area contributed by atoms with E-state index in [1.54, 1.807) is 10.3 Å². The molecular formula is C20H25N5O3S. The number of para-hydroxylation sites is 2. The molecule has 9 heteroatoms. The molecule has 0 radical (unpaired) electrons. The van der Waals surface area contributed by atoms with Crippen molar-refractivity contribution in [2.45, 2.75) is 45.8 Å². The highest BCUT2D eigenvalue weighted by Crippen LogP contribution is 2.17. The van der Waals surface area contributed by atoms with Crippen LogP contribution >= 0.6 is 11.3 Å². The number of carbonyl (C=O) groups excluding carboxylic acids is 2. The average Bonchev–Trinajstić information content (AvgIpc) is 3.25. The number of fused-ring (bicyclic) bond motifs is 1. The Kier molecular flexibility index (Phi) is 6.17. The van der Waals surface area contributed by atoms with Crippen molar-refractivity contribution in [2.24, 2.45) is 5.73 Å². The zero-order valence-electron chi connectivity index (χ0n) is 16.8. The smallest absolute Gasteiger partial charge is 0.410 e. The molecule has 2 amide bonds. The average molecular weight is 416 g/mol. The lowest BCUT2D eigenvalue weighted by Gasteiger charge is -2.26. The summed E-state index contributed by atoms with van der Waals surface area (Å²) in [6.45, 7) is 6.20. The fraction of sp³-hybridized carbons (Fsp3) is 0.400. The maximum atomic E-state index is 12.7. The second-order valence-electron chi connectivity index (χ2n) is 7.70. The van der Waals surface area contributed by atoms with Crippen LogP contribution in [-0.4, -0.2) is 44.0 Å². The number of nitrogens with one attached hydrogen (secondary N) is 1. The molecule has 1 aromatic carbocycles. The third-order valence-electron chi connectivity index (χ3n) is 4.06.